The summed E-state index contributed by atoms with van der Waals surface area (Å²) < 4.78 is 47.0. The second-order valence-electron chi connectivity index (χ2n) is 7.50. The molecule has 0 spiro atoms. The molecule has 0 heterocycles. The van der Waals surface area contributed by atoms with Crippen molar-refractivity contribution in [2.75, 3.05) is 18.5 Å². The van der Waals surface area contributed by atoms with Gasteiger partial charge in [-0.1, -0.05) is 18.2 Å². The monoisotopic (exact) mass is 448 g/mol. The van der Waals surface area contributed by atoms with Crippen molar-refractivity contribution in [1.29, 1.82) is 0 Å². The molecule has 3 N–H and O–H groups in total. The summed E-state index contributed by atoms with van der Waals surface area (Å²) in [5.74, 6) is -0.877. The Morgan fingerprint density at radius 3 is 2.77 bits per heavy atom. The molecule has 3 rings (SSSR count). The number of carbonyl (C=O) groups is 1. The van der Waals surface area contributed by atoms with Gasteiger partial charge in [-0.25, -0.2) is 17.5 Å². The highest BCUT2D eigenvalue weighted by molar-refractivity contribution is 7.92. The van der Waals surface area contributed by atoms with Crippen LogP contribution in [0.15, 0.2) is 47.9 Å². The van der Waals surface area contributed by atoms with Crippen LogP contribution in [0.3, 0.4) is 0 Å². The van der Waals surface area contributed by atoms with Gasteiger partial charge in [-0.3, -0.25) is 4.79 Å². The minimum Gasteiger partial charge on any atom is -0.490 e. The van der Waals surface area contributed by atoms with Crippen molar-refractivity contribution in [2.45, 2.75) is 25.8 Å². The van der Waals surface area contributed by atoms with Crippen molar-refractivity contribution in [2.24, 2.45) is 5.92 Å². The number of sulfonamides is 1. The number of carboxylic acids is 1. The number of hydrogen-bond donors (Lipinski definition) is 3. The maximum absolute atomic E-state index is 14.0. The summed E-state index contributed by atoms with van der Waals surface area (Å²) in [5, 5.41) is 12.5. The lowest BCUT2D eigenvalue weighted by Crippen LogP contribution is -2.24. The van der Waals surface area contributed by atoms with E-state index >= 15 is 0 Å². The Balaban J connectivity index is 1.64. The van der Waals surface area contributed by atoms with Gasteiger partial charge >= 0.3 is 5.97 Å². The van der Waals surface area contributed by atoms with E-state index in [-0.39, 0.29) is 12.3 Å². The zero-order chi connectivity index (χ0) is 22.4. The number of hydrogen-bond acceptors (Lipinski definition) is 5. The second kappa shape index (κ2) is 9.93. The van der Waals surface area contributed by atoms with Gasteiger partial charge in [0.2, 0.25) is 10.0 Å². The molecule has 7 nitrogen and oxygen atoms in total. The van der Waals surface area contributed by atoms with Crippen LogP contribution in [0.1, 0.15) is 36.9 Å². The van der Waals surface area contributed by atoms with E-state index in [4.69, 9.17) is 9.84 Å². The van der Waals surface area contributed by atoms with Crippen LogP contribution in [0.25, 0.3) is 6.08 Å². The molecule has 1 saturated carbocycles. The lowest BCUT2D eigenvalue weighted by molar-refractivity contribution is -0.134. The van der Waals surface area contributed by atoms with E-state index in [9.17, 15) is 17.6 Å². The highest BCUT2D eigenvalue weighted by Gasteiger charge is 2.23. The summed E-state index contributed by atoms with van der Waals surface area (Å²) >= 11 is 0. The van der Waals surface area contributed by atoms with Gasteiger partial charge < -0.3 is 15.2 Å². The van der Waals surface area contributed by atoms with Gasteiger partial charge in [0.05, 0.1) is 6.61 Å². The first-order valence-electron chi connectivity index (χ1n) is 9.90. The molecule has 0 aliphatic heterocycles. The topological polar surface area (TPSA) is 105 Å². The predicted octanol–water partition coefficient (Wildman–Crippen LogP) is 3.76. The SMILES string of the molecule is CC(NS(=O)(=O)/C=C/c1cccc(NCC(=O)O)c1)c1ccc(F)c(OCC2CC2)c1. The number of ether oxygens (including phenoxy) is 1. The Labute approximate surface area is 181 Å². The Bertz CT molecular complexity index is 1070. The Hall–Kier alpha value is -2.91. The van der Waals surface area contributed by atoms with Gasteiger partial charge in [0, 0.05) is 17.1 Å². The van der Waals surface area contributed by atoms with E-state index in [1.54, 1.807) is 31.2 Å². The molecular formula is C22H25FN2O5S. The minimum atomic E-state index is -3.78. The number of carboxylic acid groups (broad SMARTS) is 1. The molecule has 1 aliphatic rings. The van der Waals surface area contributed by atoms with E-state index in [2.05, 4.69) is 10.0 Å². The molecule has 2 aromatic rings. The Morgan fingerprint density at radius 2 is 2.06 bits per heavy atom. The normalized spacial score (nSPS) is 15.0. The summed E-state index contributed by atoms with van der Waals surface area (Å²) in [6.07, 6.45) is 3.58. The maximum atomic E-state index is 14.0. The quantitative estimate of drug-likeness (QED) is 0.483. The molecule has 1 fully saturated rings. The van der Waals surface area contributed by atoms with Crippen LogP contribution in [0.5, 0.6) is 5.75 Å². The van der Waals surface area contributed by atoms with Gasteiger partial charge in [-0.2, -0.15) is 0 Å². The van der Waals surface area contributed by atoms with Crippen LogP contribution in [-0.4, -0.2) is 32.6 Å². The van der Waals surface area contributed by atoms with E-state index in [1.807, 2.05) is 0 Å². The first-order valence-corrected chi connectivity index (χ1v) is 11.4. The molecule has 9 heteroatoms. The van der Waals surface area contributed by atoms with E-state index < -0.39 is 27.9 Å². The minimum absolute atomic E-state index is 0.122. The maximum Gasteiger partial charge on any atom is 0.322 e. The van der Waals surface area contributed by atoms with Crippen LogP contribution in [0.4, 0.5) is 10.1 Å². The highest BCUT2D eigenvalue weighted by atomic mass is 32.2. The Kier molecular flexibility index (Phi) is 7.29. The molecule has 0 aromatic heterocycles. The molecule has 1 atom stereocenters. The van der Waals surface area contributed by atoms with Crippen molar-refractivity contribution in [3.63, 3.8) is 0 Å². The smallest absolute Gasteiger partial charge is 0.322 e. The lowest BCUT2D eigenvalue weighted by atomic mass is 10.1. The number of anilines is 1. The van der Waals surface area contributed by atoms with E-state index in [1.165, 1.54) is 24.3 Å². The molecule has 31 heavy (non-hydrogen) atoms. The summed E-state index contributed by atoms with van der Waals surface area (Å²) in [4.78, 5) is 10.7. The highest BCUT2D eigenvalue weighted by Crippen LogP contribution is 2.31. The first-order chi connectivity index (χ1) is 14.7. The zero-order valence-corrected chi connectivity index (χ0v) is 17.9. The third kappa shape index (κ3) is 7.37. The Morgan fingerprint density at radius 1 is 1.29 bits per heavy atom. The van der Waals surface area contributed by atoms with Gasteiger partial charge in [0.25, 0.3) is 0 Å². The zero-order valence-electron chi connectivity index (χ0n) is 17.0. The first kappa shape index (κ1) is 22.8. The fraction of sp³-hybridized carbons (Fsp3) is 0.318. The summed E-state index contributed by atoms with van der Waals surface area (Å²) in [6.45, 7) is 1.89. The lowest BCUT2D eigenvalue weighted by Gasteiger charge is -2.15. The van der Waals surface area contributed by atoms with Crippen LogP contribution in [0.2, 0.25) is 0 Å². The van der Waals surface area contributed by atoms with Crippen LogP contribution < -0.4 is 14.8 Å². The third-order valence-electron chi connectivity index (χ3n) is 4.74. The van der Waals surface area contributed by atoms with Crippen LogP contribution in [-0.2, 0) is 14.8 Å². The fourth-order valence-corrected chi connectivity index (χ4v) is 3.89. The van der Waals surface area contributed by atoms with Gasteiger partial charge in [-0.15, -0.1) is 0 Å². The molecule has 1 unspecified atom stereocenters. The summed E-state index contributed by atoms with van der Waals surface area (Å²) in [6, 6.07) is 10.4. The van der Waals surface area contributed by atoms with Crippen molar-refractivity contribution in [3.8, 4) is 5.75 Å². The third-order valence-corrected chi connectivity index (χ3v) is 5.91. The molecule has 0 saturated heterocycles. The summed E-state index contributed by atoms with van der Waals surface area (Å²) in [7, 11) is -3.78. The van der Waals surface area contributed by atoms with Crippen LogP contribution in [0, 0.1) is 11.7 Å². The average Bonchev–Trinajstić information content (AvgIpc) is 3.55. The van der Waals surface area contributed by atoms with Crippen LogP contribution >= 0.6 is 0 Å². The number of rotatable bonds is 11. The molecule has 1 aliphatic carbocycles. The number of nitrogens with one attached hydrogen (secondary N) is 2. The molecule has 166 valence electrons. The molecule has 0 bridgehead atoms. The van der Waals surface area contributed by atoms with E-state index in [0.29, 0.717) is 29.3 Å². The number of aliphatic carboxylic acids is 1. The van der Waals surface area contributed by atoms with Gasteiger partial charge in [0.1, 0.15) is 6.54 Å². The van der Waals surface area contributed by atoms with Crippen molar-refractivity contribution < 1.29 is 27.4 Å². The molecular weight excluding hydrogens is 423 g/mol. The van der Waals surface area contributed by atoms with Gasteiger partial charge in [-0.05, 0) is 67.2 Å². The molecule has 2 aromatic carbocycles. The van der Waals surface area contributed by atoms with Crippen molar-refractivity contribution in [1.82, 2.24) is 4.72 Å². The summed E-state index contributed by atoms with van der Waals surface area (Å²) in [5.41, 5.74) is 1.74. The molecule has 0 radical (unpaired) electrons. The number of benzene rings is 2. The van der Waals surface area contributed by atoms with Gasteiger partial charge in [0.15, 0.2) is 11.6 Å². The molecule has 0 amide bonds. The average molecular weight is 449 g/mol. The standard InChI is InChI=1S/C22H25FN2O5S/c1-15(18-7-8-20(23)21(12-18)30-14-17-5-6-17)25-31(28,29)10-9-16-3-2-4-19(11-16)24-13-22(26)27/h2-4,7-12,15,17,24-25H,5-6,13-14H2,1H3,(H,26,27)/b10-9+. The fourth-order valence-electron chi connectivity index (χ4n) is 2.84. The number of halogens is 1. The van der Waals surface area contributed by atoms with E-state index in [0.717, 1.165) is 18.2 Å². The predicted molar refractivity (Wildman–Crippen MR) is 117 cm³/mol. The van der Waals surface area contributed by atoms with Crippen molar-refractivity contribution >= 4 is 27.8 Å². The van der Waals surface area contributed by atoms with Crippen molar-refractivity contribution in [3.05, 3.63) is 64.8 Å². The second-order valence-corrected chi connectivity index (χ2v) is 9.10. The largest absolute Gasteiger partial charge is 0.490 e.